The summed E-state index contributed by atoms with van der Waals surface area (Å²) >= 11 is 1.14. The standard InChI is InChI=1S/C9H11F3N2O2S/c1-15-3-4-16-7-6(9(10,11)12)5-13-8(14-7)17-2/h5H,3-4H2,1-2H3. The molecule has 1 rings (SSSR count). The molecule has 0 saturated heterocycles. The van der Waals surface area contributed by atoms with Gasteiger partial charge in [-0.1, -0.05) is 11.8 Å². The Morgan fingerprint density at radius 3 is 2.59 bits per heavy atom. The Bertz CT molecular complexity index is 374. The summed E-state index contributed by atoms with van der Waals surface area (Å²) in [5.41, 5.74) is -0.980. The maximum Gasteiger partial charge on any atom is 0.423 e. The van der Waals surface area contributed by atoms with Crippen molar-refractivity contribution >= 4 is 11.8 Å². The van der Waals surface area contributed by atoms with Crippen LogP contribution >= 0.6 is 11.8 Å². The number of hydrogen-bond donors (Lipinski definition) is 0. The molecule has 0 aromatic carbocycles. The minimum atomic E-state index is -4.53. The molecule has 0 N–H and O–H groups in total. The molecule has 0 atom stereocenters. The summed E-state index contributed by atoms with van der Waals surface area (Å²) < 4.78 is 47.4. The van der Waals surface area contributed by atoms with Crippen LogP contribution in [0.5, 0.6) is 5.88 Å². The van der Waals surface area contributed by atoms with Gasteiger partial charge in [-0.2, -0.15) is 18.2 Å². The van der Waals surface area contributed by atoms with Crippen molar-refractivity contribution in [1.29, 1.82) is 0 Å². The lowest BCUT2D eigenvalue weighted by Gasteiger charge is -2.12. The van der Waals surface area contributed by atoms with Crippen molar-refractivity contribution in [3.63, 3.8) is 0 Å². The van der Waals surface area contributed by atoms with Gasteiger partial charge in [0.05, 0.1) is 6.61 Å². The molecule has 0 radical (unpaired) electrons. The lowest BCUT2D eigenvalue weighted by Crippen LogP contribution is -2.13. The quantitative estimate of drug-likeness (QED) is 0.465. The topological polar surface area (TPSA) is 44.2 Å². The van der Waals surface area contributed by atoms with Gasteiger partial charge in [-0.3, -0.25) is 0 Å². The Labute approximate surface area is 101 Å². The minimum Gasteiger partial charge on any atom is -0.475 e. The summed E-state index contributed by atoms with van der Waals surface area (Å²) in [6.07, 6.45) is -2.14. The lowest BCUT2D eigenvalue weighted by atomic mass is 10.3. The third-order valence-electron chi connectivity index (χ3n) is 1.75. The van der Waals surface area contributed by atoms with Gasteiger partial charge in [0, 0.05) is 13.3 Å². The van der Waals surface area contributed by atoms with Crippen molar-refractivity contribution in [3.05, 3.63) is 11.8 Å². The zero-order valence-electron chi connectivity index (χ0n) is 9.24. The fourth-order valence-electron chi connectivity index (χ4n) is 0.975. The van der Waals surface area contributed by atoms with Crippen LogP contribution in [0.15, 0.2) is 11.4 Å². The van der Waals surface area contributed by atoms with E-state index in [9.17, 15) is 13.2 Å². The van der Waals surface area contributed by atoms with Gasteiger partial charge in [-0.15, -0.1) is 0 Å². The molecule has 0 aliphatic heterocycles. The first-order valence-electron chi connectivity index (χ1n) is 4.59. The van der Waals surface area contributed by atoms with E-state index in [4.69, 9.17) is 9.47 Å². The number of rotatable bonds is 5. The summed E-state index contributed by atoms with van der Waals surface area (Å²) in [7, 11) is 1.43. The summed E-state index contributed by atoms with van der Waals surface area (Å²) in [5, 5.41) is 0.227. The van der Waals surface area contributed by atoms with Crippen LogP contribution in [0.3, 0.4) is 0 Å². The fourth-order valence-corrected chi connectivity index (χ4v) is 1.31. The van der Waals surface area contributed by atoms with Gasteiger partial charge in [0.15, 0.2) is 5.16 Å². The number of aromatic nitrogens is 2. The van der Waals surface area contributed by atoms with E-state index in [1.165, 1.54) is 7.11 Å². The molecular weight excluding hydrogens is 257 g/mol. The first-order chi connectivity index (χ1) is 7.99. The predicted octanol–water partition coefficient (Wildman–Crippen LogP) is 2.24. The van der Waals surface area contributed by atoms with Crippen molar-refractivity contribution in [1.82, 2.24) is 9.97 Å². The highest BCUT2D eigenvalue weighted by Crippen LogP contribution is 2.35. The van der Waals surface area contributed by atoms with Crippen LogP contribution in [0.1, 0.15) is 5.56 Å². The largest absolute Gasteiger partial charge is 0.475 e. The van der Waals surface area contributed by atoms with Gasteiger partial charge in [0.1, 0.15) is 12.2 Å². The molecule has 0 bridgehead atoms. The summed E-state index contributed by atoms with van der Waals surface area (Å²) in [6.45, 7) is 0.195. The Morgan fingerprint density at radius 1 is 1.35 bits per heavy atom. The number of ether oxygens (including phenoxy) is 2. The first-order valence-corrected chi connectivity index (χ1v) is 5.81. The fraction of sp³-hybridized carbons (Fsp3) is 0.556. The molecule has 0 amide bonds. The van der Waals surface area contributed by atoms with Crippen molar-refractivity contribution < 1.29 is 22.6 Å². The Balaban J connectivity index is 2.95. The molecular formula is C9H11F3N2O2S. The second-order valence-corrected chi connectivity index (χ2v) is 3.69. The molecule has 8 heteroatoms. The van der Waals surface area contributed by atoms with E-state index in [-0.39, 0.29) is 18.4 Å². The summed E-state index contributed by atoms with van der Waals surface area (Å²) in [6, 6.07) is 0. The van der Waals surface area contributed by atoms with Crippen molar-refractivity contribution in [2.75, 3.05) is 26.6 Å². The summed E-state index contributed by atoms with van der Waals surface area (Å²) in [4.78, 5) is 7.26. The zero-order chi connectivity index (χ0) is 12.9. The number of thioether (sulfide) groups is 1. The second-order valence-electron chi connectivity index (χ2n) is 2.91. The van der Waals surface area contributed by atoms with Gasteiger partial charge < -0.3 is 9.47 Å². The highest BCUT2D eigenvalue weighted by atomic mass is 32.2. The molecule has 4 nitrogen and oxygen atoms in total. The number of nitrogens with zero attached hydrogens (tertiary/aromatic N) is 2. The van der Waals surface area contributed by atoms with Crippen molar-refractivity contribution in [2.24, 2.45) is 0 Å². The highest BCUT2D eigenvalue weighted by Gasteiger charge is 2.36. The molecule has 0 unspecified atom stereocenters. The number of halogens is 3. The molecule has 17 heavy (non-hydrogen) atoms. The number of hydrogen-bond acceptors (Lipinski definition) is 5. The smallest absolute Gasteiger partial charge is 0.423 e. The molecule has 96 valence electrons. The van der Waals surface area contributed by atoms with Gasteiger partial charge in [-0.05, 0) is 6.26 Å². The molecule has 1 aromatic heterocycles. The average Bonchev–Trinajstić information content (AvgIpc) is 2.28. The van der Waals surface area contributed by atoms with Crippen molar-refractivity contribution in [2.45, 2.75) is 11.3 Å². The summed E-state index contributed by atoms with van der Waals surface area (Å²) in [5.74, 6) is -0.464. The maximum absolute atomic E-state index is 12.6. The minimum absolute atomic E-state index is 0.00438. The van der Waals surface area contributed by atoms with Crippen LogP contribution in [0.4, 0.5) is 13.2 Å². The molecule has 1 heterocycles. The van der Waals surface area contributed by atoms with E-state index in [1.807, 2.05) is 0 Å². The zero-order valence-corrected chi connectivity index (χ0v) is 10.1. The van der Waals surface area contributed by atoms with Crippen LogP contribution in [-0.2, 0) is 10.9 Å². The molecule has 0 aliphatic rings. The number of methoxy groups -OCH3 is 1. The molecule has 1 aromatic rings. The van der Waals surface area contributed by atoms with Crippen LogP contribution in [-0.4, -0.2) is 36.5 Å². The number of alkyl halides is 3. The lowest BCUT2D eigenvalue weighted by molar-refractivity contribution is -0.139. The van der Waals surface area contributed by atoms with Crippen LogP contribution < -0.4 is 4.74 Å². The molecule has 0 fully saturated rings. The van der Waals surface area contributed by atoms with E-state index in [1.54, 1.807) is 6.26 Å². The van der Waals surface area contributed by atoms with Crippen LogP contribution in [0.25, 0.3) is 0 Å². The van der Waals surface area contributed by atoms with E-state index < -0.39 is 17.6 Å². The Morgan fingerprint density at radius 2 is 2.06 bits per heavy atom. The van der Waals surface area contributed by atoms with Gasteiger partial charge in [0.2, 0.25) is 5.88 Å². The van der Waals surface area contributed by atoms with Crippen molar-refractivity contribution in [3.8, 4) is 5.88 Å². The second kappa shape index (κ2) is 6.06. The SMILES string of the molecule is COCCOc1nc(SC)ncc1C(F)(F)F. The van der Waals surface area contributed by atoms with Gasteiger partial charge in [-0.25, -0.2) is 4.98 Å². The van der Waals surface area contributed by atoms with E-state index in [0.29, 0.717) is 0 Å². The maximum atomic E-state index is 12.6. The van der Waals surface area contributed by atoms with E-state index in [2.05, 4.69) is 9.97 Å². The Kier molecular flexibility index (Phi) is 5.01. The third kappa shape index (κ3) is 4.04. The molecule has 0 aliphatic carbocycles. The average molecular weight is 268 g/mol. The third-order valence-corrected chi connectivity index (χ3v) is 2.31. The van der Waals surface area contributed by atoms with Gasteiger partial charge >= 0.3 is 6.18 Å². The predicted molar refractivity (Wildman–Crippen MR) is 56.2 cm³/mol. The van der Waals surface area contributed by atoms with Gasteiger partial charge in [0.25, 0.3) is 0 Å². The normalized spacial score (nSPS) is 11.6. The van der Waals surface area contributed by atoms with E-state index in [0.717, 1.165) is 18.0 Å². The molecule has 0 saturated carbocycles. The Hall–Kier alpha value is -1.02. The van der Waals surface area contributed by atoms with E-state index >= 15 is 0 Å². The monoisotopic (exact) mass is 268 g/mol. The van der Waals surface area contributed by atoms with Crippen LogP contribution in [0, 0.1) is 0 Å². The highest BCUT2D eigenvalue weighted by molar-refractivity contribution is 7.98. The molecule has 0 spiro atoms. The van der Waals surface area contributed by atoms with Crippen LogP contribution in [0.2, 0.25) is 0 Å². The first kappa shape index (κ1) is 14.0.